The van der Waals surface area contributed by atoms with Gasteiger partial charge in [0.1, 0.15) is 36.0 Å². The molecular formula is C36H53F2NO9. The van der Waals surface area contributed by atoms with E-state index < -0.39 is 61.1 Å². The lowest BCUT2D eigenvalue weighted by molar-refractivity contribution is -0.302. The molecule has 0 spiro atoms. The third-order valence-electron chi connectivity index (χ3n) is 8.62. The molecule has 0 radical (unpaired) electrons. The van der Waals surface area contributed by atoms with Crippen molar-refractivity contribution in [1.82, 2.24) is 5.32 Å². The van der Waals surface area contributed by atoms with Crippen LogP contribution in [0.5, 0.6) is 11.5 Å². The molecule has 1 amide bonds. The van der Waals surface area contributed by atoms with Crippen LogP contribution in [0.4, 0.5) is 8.78 Å². The van der Waals surface area contributed by atoms with Gasteiger partial charge < -0.3 is 45.1 Å². The fourth-order valence-corrected chi connectivity index (χ4v) is 5.63. The number of rotatable bonds is 22. The van der Waals surface area contributed by atoms with E-state index in [1.807, 2.05) is 19.1 Å². The van der Waals surface area contributed by atoms with Crippen LogP contribution in [0.3, 0.4) is 0 Å². The lowest BCUT2D eigenvalue weighted by Gasteiger charge is -2.40. The van der Waals surface area contributed by atoms with Crippen molar-refractivity contribution in [2.24, 2.45) is 0 Å². The van der Waals surface area contributed by atoms with Gasteiger partial charge in [-0.2, -0.15) is 0 Å². The Morgan fingerprint density at radius 1 is 0.896 bits per heavy atom. The number of aliphatic hydroxyl groups excluding tert-OH is 5. The zero-order valence-electron chi connectivity index (χ0n) is 27.8. The summed E-state index contributed by atoms with van der Waals surface area (Å²) in [7, 11) is 0. The Kier molecular flexibility index (Phi) is 17.7. The maximum atomic E-state index is 13.8. The first-order valence-electron chi connectivity index (χ1n) is 17.2. The maximum Gasteiger partial charge on any atom is 0.220 e. The third kappa shape index (κ3) is 13.3. The molecule has 0 aliphatic carbocycles. The molecule has 6 N–H and O–H groups in total. The van der Waals surface area contributed by atoms with Gasteiger partial charge in [0.05, 0.1) is 25.4 Å². The highest BCUT2D eigenvalue weighted by atomic mass is 19.1. The van der Waals surface area contributed by atoms with Gasteiger partial charge in [0.15, 0.2) is 17.9 Å². The van der Waals surface area contributed by atoms with Gasteiger partial charge in [-0.25, -0.2) is 8.78 Å². The summed E-state index contributed by atoms with van der Waals surface area (Å²) in [4.78, 5) is 12.7. The van der Waals surface area contributed by atoms with Crippen molar-refractivity contribution >= 4 is 5.91 Å². The Morgan fingerprint density at radius 3 is 2.21 bits per heavy atom. The van der Waals surface area contributed by atoms with Crippen LogP contribution in [-0.2, 0) is 20.7 Å². The molecule has 0 saturated carbocycles. The highest BCUT2D eigenvalue weighted by molar-refractivity contribution is 5.76. The fraction of sp³-hybridized carbons (Fsp3) is 0.639. The fourth-order valence-electron chi connectivity index (χ4n) is 5.63. The molecule has 3 rings (SSSR count). The first kappa shape index (κ1) is 39.7. The summed E-state index contributed by atoms with van der Waals surface area (Å²) in [5.41, 5.74) is 1.17. The Bertz CT molecular complexity index is 1200. The van der Waals surface area contributed by atoms with Crippen molar-refractivity contribution in [1.29, 1.82) is 0 Å². The molecule has 1 fully saturated rings. The molecule has 0 bridgehead atoms. The predicted molar refractivity (Wildman–Crippen MR) is 175 cm³/mol. The van der Waals surface area contributed by atoms with Gasteiger partial charge >= 0.3 is 0 Å². The number of carbonyl (C=O) groups excluding carboxylic acids is 1. The number of nitrogens with one attached hydrogen (secondary N) is 1. The van der Waals surface area contributed by atoms with E-state index in [1.165, 1.54) is 11.6 Å². The highest BCUT2D eigenvalue weighted by Crippen LogP contribution is 2.26. The average Bonchev–Trinajstić information content (AvgIpc) is 3.07. The summed E-state index contributed by atoms with van der Waals surface area (Å²) in [5.74, 6) is -1.13. The molecule has 3 unspecified atom stereocenters. The molecule has 12 heteroatoms. The topological polar surface area (TPSA) is 158 Å². The van der Waals surface area contributed by atoms with Crippen LogP contribution in [0.15, 0.2) is 42.5 Å². The van der Waals surface area contributed by atoms with E-state index in [9.17, 15) is 39.1 Å². The van der Waals surface area contributed by atoms with Gasteiger partial charge in [-0.05, 0) is 55.5 Å². The number of ether oxygens (including phenoxy) is 3. The van der Waals surface area contributed by atoms with E-state index in [2.05, 4.69) is 5.32 Å². The monoisotopic (exact) mass is 681 g/mol. The minimum absolute atomic E-state index is 0.0168. The Labute approximate surface area is 282 Å². The molecule has 270 valence electrons. The maximum absolute atomic E-state index is 13.8. The zero-order chi connectivity index (χ0) is 34.9. The lowest BCUT2D eigenvalue weighted by atomic mass is 9.99. The van der Waals surface area contributed by atoms with Gasteiger partial charge in [0.2, 0.25) is 5.91 Å². The molecule has 1 aliphatic heterocycles. The van der Waals surface area contributed by atoms with Crippen LogP contribution in [0, 0.1) is 11.6 Å². The number of unbranched alkanes of at least 4 members (excludes halogenated alkanes) is 8. The number of amides is 1. The molecule has 1 heterocycles. The minimum Gasteiger partial charge on any atom is -0.454 e. The highest BCUT2D eigenvalue weighted by Gasteiger charge is 2.44. The summed E-state index contributed by atoms with van der Waals surface area (Å²) >= 11 is 0. The molecule has 0 aromatic heterocycles. The van der Waals surface area contributed by atoms with Gasteiger partial charge in [0.25, 0.3) is 0 Å². The molecule has 1 saturated heterocycles. The Balaban J connectivity index is 1.27. The molecule has 2 aromatic carbocycles. The molecular weight excluding hydrogens is 628 g/mol. The summed E-state index contributed by atoms with van der Waals surface area (Å²) in [6.07, 6.45) is 3.45. The number of aryl methyl sites for hydroxylation is 1. The first-order valence-corrected chi connectivity index (χ1v) is 17.2. The van der Waals surface area contributed by atoms with Gasteiger partial charge in [0, 0.05) is 12.5 Å². The van der Waals surface area contributed by atoms with Gasteiger partial charge in [-0.15, -0.1) is 0 Å². The summed E-state index contributed by atoms with van der Waals surface area (Å²) in [6.45, 7) is 1.23. The number of hydrogen-bond donors (Lipinski definition) is 6. The number of carbonyl (C=O) groups is 1. The Hall–Kier alpha value is -2.71. The number of benzene rings is 2. The van der Waals surface area contributed by atoms with Crippen LogP contribution in [0.2, 0.25) is 0 Å². The summed E-state index contributed by atoms with van der Waals surface area (Å²) in [6, 6.07) is 9.93. The van der Waals surface area contributed by atoms with E-state index in [-0.39, 0.29) is 18.3 Å². The van der Waals surface area contributed by atoms with Crippen molar-refractivity contribution in [2.75, 3.05) is 13.2 Å². The molecule has 48 heavy (non-hydrogen) atoms. The van der Waals surface area contributed by atoms with Gasteiger partial charge in [-0.1, -0.05) is 70.4 Å². The second kappa shape index (κ2) is 21.4. The van der Waals surface area contributed by atoms with Crippen molar-refractivity contribution < 1.29 is 53.3 Å². The lowest BCUT2D eigenvalue weighted by Crippen LogP contribution is -2.60. The molecule has 10 nitrogen and oxygen atoms in total. The molecule has 2 aromatic rings. The summed E-state index contributed by atoms with van der Waals surface area (Å²) in [5, 5.41) is 53.1. The normalized spacial score (nSPS) is 22.3. The number of halogens is 2. The minimum atomic E-state index is -1.57. The van der Waals surface area contributed by atoms with Crippen molar-refractivity contribution in [3.8, 4) is 11.5 Å². The standard InChI is InChI=1S/C36H53F2NO9/c1-2-3-13-29(41)28(23-46-36-35(45)34(44)33(43)31(22-40)48-36)39-32(42)14-11-9-7-5-4-6-8-10-12-24-15-18-26(19-16-24)47-30-20-17-25(37)21-27(30)38/h15-21,28-29,31,33-36,40-41,43-45H,2-14,22-23H2,1H3,(H,39,42)/t28-,29+,31?,33-,34?,35?,36-/m0/s1. The molecule has 1 aliphatic rings. The van der Waals surface area contributed by atoms with Crippen LogP contribution >= 0.6 is 0 Å². The van der Waals surface area contributed by atoms with Crippen LogP contribution in [-0.4, -0.2) is 87.5 Å². The van der Waals surface area contributed by atoms with Crippen molar-refractivity contribution in [3.63, 3.8) is 0 Å². The van der Waals surface area contributed by atoms with Crippen LogP contribution in [0.1, 0.15) is 89.5 Å². The Morgan fingerprint density at radius 2 is 1.56 bits per heavy atom. The third-order valence-corrected chi connectivity index (χ3v) is 8.62. The SMILES string of the molecule is CCCC[C@@H](O)[C@H](CO[C@H]1OC(CO)[C@H](O)C(O)C1O)NC(=O)CCCCCCCCCCc1ccc(Oc2ccc(F)cc2F)cc1. The van der Waals surface area contributed by atoms with Gasteiger partial charge in [-0.3, -0.25) is 4.79 Å². The van der Waals surface area contributed by atoms with Crippen molar-refractivity contribution in [2.45, 2.75) is 133 Å². The second-order valence-electron chi connectivity index (χ2n) is 12.6. The first-order chi connectivity index (χ1) is 23.1. The van der Waals surface area contributed by atoms with Crippen LogP contribution < -0.4 is 10.1 Å². The molecule has 7 atom stereocenters. The van der Waals surface area contributed by atoms with E-state index in [0.29, 0.717) is 25.0 Å². The second-order valence-corrected chi connectivity index (χ2v) is 12.6. The zero-order valence-corrected chi connectivity index (χ0v) is 27.8. The predicted octanol–water partition coefficient (Wildman–Crippen LogP) is 4.66. The van der Waals surface area contributed by atoms with E-state index in [4.69, 9.17) is 14.2 Å². The van der Waals surface area contributed by atoms with Crippen LogP contribution in [0.25, 0.3) is 0 Å². The largest absolute Gasteiger partial charge is 0.454 e. The average molecular weight is 682 g/mol. The van der Waals surface area contributed by atoms with E-state index >= 15 is 0 Å². The van der Waals surface area contributed by atoms with E-state index in [1.54, 1.807) is 12.1 Å². The number of aliphatic hydroxyl groups is 5. The number of hydrogen-bond acceptors (Lipinski definition) is 9. The summed E-state index contributed by atoms with van der Waals surface area (Å²) < 4.78 is 43.4. The van der Waals surface area contributed by atoms with E-state index in [0.717, 1.165) is 76.3 Å². The van der Waals surface area contributed by atoms with Crippen molar-refractivity contribution in [3.05, 3.63) is 59.7 Å². The smallest absolute Gasteiger partial charge is 0.220 e. The quantitative estimate of drug-likeness (QED) is 0.0973.